The number of hydrogen-bond acceptors (Lipinski definition) is 3. The lowest BCUT2D eigenvalue weighted by molar-refractivity contribution is 0.652. The molecule has 0 saturated carbocycles. The third kappa shape index (κ3) is 3.64. The Morgan fingerprint density at radius 1 is 1.30 bits per heavy atom. The second kappa shape index (κ2) is 6.95. The highest BCUT2D eigenvalue weighted by molar-refractivity contribution is 7.98. The van der Waals surface area contributed by atoms with Gasteiger partial charge in [-0.3, -0.25) is 4.68 Å². The van der Waals surface area contributed by atoms with Gasteiger partial charge in [0.05, 0.1) is 5.69 Å². The molecule has 1 unspecified atom stereocenters. The molecular formula is C16H23N3S. The highest BCUT2D eigenvalue weighted by atomic mass is 32.2. The first-order valence-corrected chi connectivity index (χ1v) is 8.04. The van der Waals surface area contributed by atoms with Gasteiger partial charge in [0.2, 0.25) is 0 Å². The number of nitrogens with zero attached hydrogens (tertiary/aromatic N) is 2. The SMILES string of the molecule is CCc1cc(CSc2ccc(C(C)NC)cc2)n(C)n1. The van der Waals surface area contributed by atoms with Crippen LogP contribution in [0.2, 0.25) is 0 Å². The van der Waals surface area contributed by atoms with Crippen molar-refractivity contribution < 1.29 is 0 Å². The molecule has 0 bridgehead atoms. The summed E-state index contributed by atoms with van der Waals surface area (Å²) in [5, 5.41) is 7.74. The van der Waals surface area contributed by atoms with Gasteiger partial charge in [-0.2, -0.15) is 5.10 Å². The predicted octanol–water partition coefficient (Wildman–Crippen LogP) is 3.56. The summed E-state index contributed by atoms with van der Waals surface area (Å²) in [6, 6.07) is 11.4. The zero-order chi connectivity index (χ0) is 14.5. The van der Waals surface area contributed by atoms with Crippen molar-refractivity contribution in [2.24, 2.45) is 7.05 Å². The van der Waals surface area contributed by atoms with E-state index in [0.29, 0.717) is 6.04 Å². The van der Waals surface area contributed by atoms with Gasteiger partial charge >= 0.3 is 0 Å². The van der Waals surface area contributed by atoms with Crippen LogP contribution in [0, 0.1) is 0 Å². The first-order chi connectivity index (χ1) is 9.63. The first-order valence-electron chi connectivity index (χ1n) is 7.05. The van der Waals surface area contributed by atoms with Crippen molar-refractivity contribution in [1.82, 2.24) is 15.1 Å². The van der Waals surface area contributed by atoms with Crippen LogP contribution >= 0.6 is 11.8 Å². The lowest BCUT2D eigenvalue weighted by Gasteiger charge is -2.11. The summed E-state index contributed by atoms with van der Waals surface area (Å²) in [7, 11) is 4.01. The number of aryl methyl sites for hydroxylation is 2. The molecule has 0 amide bonds. The van der Waals surface area contributed by atoms with Gasteiger partial charge in [0.15, 0.2) is 0 Å². The van der Waals surface area contributed by atoms with Crippen molar-refractivity contribution in [3.8, 4) is 0 Å². The molecule has 20 heavy (non-hydrogen) atoms. The summed E-state index contributed by atoms with van der Waals surface area (Å²) < 4.78 is 1.99. The van der Waals surface area contributed by atoms with E-state index in [4.69, 9.17) is 0 Å². The Bertz CT molecular complexity index is 545. The summed E-state index contributed by atoms with van der Waals surface area (Å²) in [5.41, 5.74) is 3.77. The van der Waals surface area contributed by atoms with Gasteiger partial charge in [-0.05, 0) is 44.2 Å². The van der Waals surface area contributed by atoms with Crippen LogP contribution in [0.5, 0.6) is 0 Å². The van der Waals surface area contributed by atoms with Gasteiger partial charge in [0.25, 0.3) is 0 Å². The third-order valence-corrected chi connectivity index (χ3v) is 4.63. The Hall–Kier alpha value is -1.26. The van der Waals surface area contributed by atoms with Crippen LogP contribution in [0.15, 0.2) is 35.2 Å². The van der Waals surface area contributed by atoms with E-state index in [9.17, 15) is 0 Å². The highest BCUT2D eigenvalue weighted by Gasteiger charge is 2.06. The van der Waals surface area contributed by atoms with E-state index >= 15 is 0 Å². The molecule has 1 heterocycles. The lowest BCUT2D eigenvalue weighted by atomic mass is 10.1. The molecule has 0 aliphatic rings. The molecule has 1 aromatic carbocycles. The van der Waals surface area contributed by atoms with Crippen molar-refractivity contribution in [3.63, 3.8) is 0 Å². The quantitative estimate of drug-likeness (QED) is 0.825. The molecule has 0 saturated heterocycles. The fourth-order valence-electron chi connectivity index (χ4n) is 2.06. The number of hydrogen-bond donors (Lipinski definition) is 1. The molecule has 3 nitrogen and oxygen atoms in total. The second-order valence-electron chi connectivity index (χ2n) is 4.97. The van der Waals surface area contributed by atoms with Crippen LogP contribution in [0.3, 0.4) is 0 Å². The molecule has 1 N–H and O–H groups in total. The zero-order valence-corrected chi connectivity index (χ0v) is 13.5. The summed E-state index contributed by atoms with van der Waals surface area (Å²) in [5.74, 6) is 0.963. The van der Waals surface area contributed by atoms with Gasteiger partial charge in [0, 0.05) is 29.4 Å². The van der Waals surface area contributed by atoms with Gasteiger partial charge < -0.3 is 5.32 Å². The van der Waals surface area contributed by atoms with Crippen LogP contribution in [-0.4, -0.2) is 16.8 Å². The third-order valence-electron chi connectivity index (χ3n) is 3.59. The summed E-state index contributed by atoms with van der Waals surface area (Å²) in [6.07, 6.45) is 0.995. The molecule has 0 fully saturated rings. The monoisotopic (exact) mass is 289 g/mol. The minimum Gasteiger partial charge on any atom is -0.313 e. The molecule has 0 aliphatic heterocycles. The molecule has 0 radical (unpaired) electrons. The molecule has 1 atom stereocenters. The Morgan fingerprint density at radius 3 is 2.55 bits per heavy atom. The predicted molar refractivity (Wildman–Crippen MR) is 86.1 cm³/mol. The van der Waals surface area contributed by atoms with Crippen LogP contribution in [0.1, 0.15) is 36.8 Å². The number of benzene rings is 1. The number of thioether (sulfide) groups is 1. The number of rotatable bonds is 6. The number of aromatic nitrogens is 2. The van der Waals surface area contributed by atoms with E-state index in [1.54, 1.807) is 0 Å². The van der Waals surface area contributed by atoms with Gasteiger partial charge in [-0.1, -0.05) is 19.1 Å². The minimum absolute atomic E-state index is 0.401. The lowest BCUT2D eigenvalue weighted by Crippen LogP contribution is -2.11. The Morgan fingerprint density at radius 2 is 2.00 bits per heavy atom. The zero-order valence-electron chi connectivity index (χ0n) is 12.7. The molecule has 2 rings (SSSR count). The van der Waals surface area contributed by atoms with E-state index in [1.165, 1.54) is 21.8 Å². The molecule has 108 valence electrons. The average molecular weight is 289 g/mol. The van der Waals surface area contributed by atoms with Crippen molar-refractivity contribution in [2.45, 2.75) is 37.0 Å². The normalized spacial score (nSPS) is 12.6. The van der Waals surface area contributed by atoms with Crippen molar-refractivity contribution >= 4 is 11.8 Å². The van der Waals surface area contributed by atoms with Crippen LogP contribution in [0.25, 0.3) is 0 Å². The van der Waals surface area contributed by atoms with Gasteiger partial charge in [-0.15, -0.1) is 11.8 Å². The minimum atomic E-state index is 0.401. The maximum absolute atomic E-state index is 4.48. The van der Waals surface area contributed by atoms with Crippen LogP contribution in [-0.2, 0) is 19.2 Å². The van der Waals surface area contributed by atoms with Crippen LogP contribution < -0.4 is 5.32 Å². The smallest absolute Gasteiger partial charge is 0.0625 e. The van der Waals surface area contributed by atoms with Crippen LogP contribution in [0.4, 0.5) is 0 Å². The first kappa shape index (κ1) is 15.1. The molecule has 4 heteroatoms. The average Bonchev–Trinajstić information content (AvgIpc) is 2.85. The van der Waals surface area contributed by atoms with E-state index < -0.39 is 0 Å². The van der Waals surface area contributed by atoms with Crippen molar-refractivity contribution in [2.75, 3.05) is 7.05 Å². The Labute approximate surface area is 125 Å². The summed E-state index contributed by atoms with van der Waals surface area (Å²) >= 11 is 1.86. The van der Waals surface area contributed by atoms with Gasteiger partial charge in [0.1, 0.15) is 0 Å². The van der Waals surface area contributed by atoms with E-state index in [0.717, 1.165) is 12.2 Å². The molecule has 1 aromatic heterocycles. The topological polar surface area (TPSA) is 29.9 Å². The number of nitrogens with one attached hydrogen (secondary N) is 1. The summed E-state index contributed by atoms with van der Waals surface area (Å²) in [6.45, 7) is 4.31. The molecule has 2 aromatic rings. The summed E-state index contributed by atoms with van der Waals surface area (Å²) in [4.78, 5) is 1.30. The van der Waals surface area contributed by atoms with E-state index in [2.05, 4.69) is 54.6 Å². The fraction of sp³-hybridized carbons (Fsp3) is 0.438. The van der Waals surface area contributed by atoms with Crippen molar-refractivity contribution in [3.05, 3.63) is 47.3 Å². The molecule has 0 spiro atoms. The largest absolute Gasteiger partial charge is 0.313 e. The Kier molecular flexibility index (Phi) is 5.26. The van der Waals surface area contributed by atoms with Gasteiger partial charge in [-0.25, -0.2) is 0 Å². The van der Waals surface area contributed by atoms with E-state index in [1.807, 2.05) is 30.5 Å². The fourth-order valence-corrected chi connectivity index (χ4v) is 2.97. The Balaban J connectivity index is 1.98. The standard InChI is InChI=1S/C16H23N3S/c1-5-14-10-15(19(4)18-14)11-20-16-8-6-13(7-9-16)12(2)17-3/h6-10,12,17H,5,11H2,1-4H3. The maximum Gasteiger partial charge on any atom is 0.0625 e. The second-order valence-corrected chi connectivity index (χ2v) is 6.02. The highest BCUT2D eigenvalue weighted by Crippen LogP contribution is 2.24. The maximum atomic E-state index is 4.48. The molecular weight excluding hydrogens is 266 g/mol. The molecule has 0 aliphatic carbocycles. The van der Waals surface area contributed by atoms with E-state index in [-0.39, 0.29) is 0 Å². The van der Waals surface area contributed by atoms with Crippen molar-refractivity contribution in [1.29, 1.82) is 0 Å².